The van der Waals surface area contributed by atoms with Crippen LogP contribution in [0.3, 0.4) is 0 Å². The Morgan fingerprint density at radius 1 is 1.28 bits per heavy atom. The van der Waals surface area contributed by atoms with Crippen LogP contribution in [0.4, 0.5) is 0 Å². The molecule has 0 aliphatic carbocycles. The van der Waals surface area contributed by atoms with Crippen LogP contribution in [0.1, 0.15) is 12.5 Å². The van der Waals surface area contributed by atoms with Crippen LogP contribution in [-0.2, 0) is 6.42 Å². The second kappa shape index (κ2) is 5.24. The molecule has 2 heterocycles. The lowest BCUT2D eigenvalue weighted by Crippen LogP contribution is -2.51. The number of benzene rings is 1. The highest BCUT2D eigenvalue weighted by molar-refractivity contribution is 8.00. The molecule has 1 aromatic rings. The van der Waals surface area contributed by atoms with Crippen LogP contribution < -0.4 is 0 Å². The van der Waals surface area contributed by atoms with E-state index < -0.39 is 0 Å². The van der Waals surface area contributed by atoms with Crippen molar-refractivity contribution < 1.29 is 0 Å². The molecule has 0 amide bonds. The van der Waals surface area contributed by atoms with Crippen molar-refractivity contribution >= 4 is 11.8 Å². The zero-order chi connectivity index (χ0) is 12.5. The summed E-state index contributed by atoms with van der Waals surface area (Å²) >= 11 is 2.08. The van der Waals surface area contributed by atoms with Crippen molar-refractivity contribution in [1.82, 2.24) is 9.80 Å². The van der Waals surface area contributed by atoms with Crippen LogP contribution in [0.5, 0.6) is 0 Å². The molecule has 2 aliphatic heterocycles. The minimum atomic E-state index is 0.701. The Morgan fingerprint density at radius 3 is 2.89 bits per heavy atom. The van der Waals surface area contributed by atoms with E-state index in [4.69, 9.17) is 0 Å². The number of rotatable bonds is 2. The fraction of sp³-hybridized carbons (Fsp3) is 0.600. The number of fused-ring (bicyclic) bond motifs is 1. The maximum Gasteiger partial charge on any atom is 0.0263 e. The standard InChI is InChI=1S/C15H22N2S/c1-12-10-17(8-7-16(12)2)11-14-9-13-5-3-4-6-15(13)18-14/h3-6,12,14H,7-11H2,1-2H3. The van der Waals surface area contributed by atoms with Gasteiger partial charge in [-0.1, -0.05) is 18.2 Å². The summed E-state index contributed by atoms with van der Waals surface area (Å²) in [5.74, 6) is 0. The van der Waals surface area contributed by atoms with Crippen molar-refractivity contribution in [2.75, 3.05) is 33.2 Å². The number of thioether (sulfide) groups is 1. The number of hydrogen-bond donors (Lipinski definition) is 0. The largest absolute Gasteiger partial charge is 0.301 e. The Morgan fingerprint density at radius 2 is 2.11 bits per heavy atom. The van der Waals surface area contributed by atoms with Gasteiger partial charge in [-0.15, -0.1) is 11.8 Å². The Kier molecular flexibility index (Phi) is 3.64. The molecule has 0 N–H and O–H groups in total. The average molecular weight is 262 g/mol. The van der Waals surface area contributed by atoms with E-state index in [2.05, 4.69) is 59.8 Å². The van der Waals surface area contributed by atoms with Crippen molar-refractivity contribution in [3.05, 3.63) is 29.8 Å². The smallest absolute Gasteiger partial charge is 0.0263 e. The van der Waals surface area contributed by atoms with E-state index in [0.29, 0.717) is 6.04 Å². The molecule has 1 fully saturated rings. The summed E-state index contributed by atoms with van der Waals surface area (Å²) in [7, 11) is 2.24. The minimum absolute atomic E-state index is 0.701. The molecule has 1 saturated heterocycles. The van der Waals surface area contributed by atoms with Crippen LogP contribution in [0.25, 0.3) is 0 Å². The lowest BCUT2D eigenvalue weighted by Gasteiger charge is -2.38. The molecule has 98 valence electrons. The summed E-state index contributed by atoms with van der Waals surface area (Å²) in [5.41, 5.74) is 1.55. The third-order valence-electron chi connectivity index (χ3n) is 4.22. The molecule has 0 saturated carbocycles. The molecule has 3 heteroatoms. The zero-order valence-corrected chi connectivity index (χ0v) is 12.1. The van der Waals surface area contributed by atoms with E-state index in [-0.39, 0.29) is 0 Å². The van der Waals surface area contributed by atoms with Crippen LogP contribution in [0, 0.1) is 0 Å². The predicted octanol–water partition coefficient (Wildman–Crippen LogP) is 2.34. The highest BCUT2D eigenvalue weighted by Crippen LogP contribution is 2.37. The third kappa shape index (κ3) is 2.58. The SMILES string of the molecule is CC1CN(CC2Cc3ccccc3S2)CCN1C. The van der Waals surface area contributed by atoms with Crippen molar-refractivity contribution in [2.24, 2.45) is 0 Å². The molecule has 1 aromatic carbocycles. The van der Waals surface area contributed by atoms with Gasteiger partial charge in [-0.25, -0.2) is 0 Å². The van der Waals surface area contributed by atoms with E-state index in [1.54, 1.807) is 5.56 Å². The molecular weight excluding hydrogens is 240 g/mol. The molecule has 3 rings (SSSR count). The topological polar surface area (TPSA) is 6.48 Å². The summed E-state index contributed by atoms with van der Waals surface area (Å²) in [6.07, 6.45) is 1.25. The van der Waals surface area contributed by atoms with E-state index in [1.165, 1.54) is 37.5 Å². The normalized spacial score (nSPS) is 29.4. The van der Waals surface area contributed by atoms with Gasteiger partial charge in [-0.05, 0) is 32.0 Å². The fourth-order valence-electron chi connectivity index (χ4n) is 2.93. The first-order valence-corrected chi connectivity index (χ1v) is 7.77. The predicted molar refractivity (Wildman–Crippen MR) is 78.3 cm³/mol. The van der Waals surface area contributed by atoms with Gasteiger partial charge < -0.3 is 4.90 Å². The van der Waals surface area contributed by atoms with Gasteiger partial charge in [0.1, 0.15) is 0 Å². The first kappa shape index (κ1) is 12.5. The summed E-state index contributed by atoms with van der Waals surface area (Å²) in [6, 6.07) is 9.58. The second-order valence-electron chi connectivity index (χ2n) is 5.64. The third-order valence-corrected chi connectivity index (χ3v) is 5.52. The molecule has 0 spiro atoms. The average Bonchev–Trinajstić information content (AvgIpc) is 2.76. The number of hydrogen-bond acceptors (Lipinski definition) is 3. The fourth-order valence-corrected chi connectivity index (χ4v) is 4.30. The number of piperazine rings is 1. The van der Waals surface area contributed by atoms with Gasteiger partial charge in [0.2, 0.25) is 0 Å². The Balaban J connectivity index is 1.57. The maximum absolute atomic E-state index is 2.65. The minimum Gasteiger partial charge on any atom is -0.301 e. The van der Waals surface area contributed by atoms with Crippen LogP contribution in [0.2, 0.25) is 0 Å². The monoisotopic (exact) mass is 262 g/mol. The molecule has 0 radical (unpaired) electrons. The van der Waals surface area contributed by atoms with Crippen molar-refractivity contribution in [2.45, 2.75) is 29.5 Å². The second-order valence-corrected chi connectivity index (χ2v) is 6.98. The molecule has 2 atom stereocenters. The van der Waals surface area contributed by atoms with Gasteiger partial charge in [-0.2, -0.15) is 0 Å². The van der Waals surface area contributed by atoms with Gasteiger partial charge in [0, 0.05) is 42.4 Å². The summed E-state index contributed by atoms with van der Waals surface area (Å²) in [5, 5.41) is 0.762. The van der Waals surface area contributed by atoms with Crippen molar-refractivity contribution in [3.63, 3.8) is 0 Å². The van der Waals surface area contributed by atoms with Crippen LogP contribution in [-0.4, -0.2) is 54.3 Å². The molecular formula is C15H22N2S. The van der Waals surface area contributed by atoms with Gasteiger partial charge in [0.05, 0.1) is 0 Å². The van der Waals surface area contributed by atoms with Gasteiger partial charge in [0.15, 0.2) is 0 Å². The lowest BCUT2D eigenvalue weighted by molar-refractivity contribution is 0.106. The van der Waals surface area contributed by atoms with Crippen molar-refractivity contribution in [3.8, 4) is 0 Å². The lowest BCUT2D eigenvalue weighted by atomic mass is 10.1. The zero-order valence-electron chi connectivity index (χ0n) is 11.3. The summed E-state index contributed by atoms with van der Waals surface area (Å²) < 4.78 is 0. The molecule has 2 nitrogen and oxygen atoms in total. The Bertz CT molecular complexity index is 396. The van der Waals surface area contributed by atoms with Gasteiger partial charge >= 0.3 is 0 Å². The van der Waals surface area contributed by atoms with Crippen LogP contribution >= 0.6 is 11.8 Å². The van der Waals surface area contributed by atoms with E-state index in [9.17, 15) is 0 Å². The molecule has 0 aromatic heterocycles. The number of nitrogens with zero attached hydrogens (tertiary/aromatic N) is 2. The molecule has 2 unspecified atom stereocenters. The van der Waals surface area contributed by atoms with E-state index in [0.717, 1.165) is 5.25 Å². The molecule has 2 aliphatic rings. The Hall–Kier alpha value is -0.510. The summed E-state index contributed by atoms with van der Waals surface area (Å²) in [6.45, 7) is 7.25. The first-order valence-electron chi connectivity index (χ1n) is 6.89. The molecule has 0 bridgehead atoms. The Labute approximate surface area is 114 Å². The van der Waals surface area contributed by atoms with Crippen LogP contribution in [0.15, 0.2) is 29.2 Å². The van der Waals surface area contributed by atoms with Gasteiger partial charge in [-0.3, -0.25) is 4.90 Å². The highest BCUT2D eigenvalue weighted by Gasteiger charge is 2.27. The van der Waals surface area contributed by atoms with Gasteiger partial charge in [0.25, 0.3) is 0 Å². The van der Waals surface area contributed by atoms with Crippen molar-refractivity contribution in [1.29, 1.82) is 0 Å². The summed E-state index contributed by atoms with van der Waals surface area (Å²) in [4.78, 5) is 6.62. The van der Waals surface area contributed by atoms with E-state index in [1.807, 2.05) is 0 Å². The quantitative estimate of drug-likeness (QED) is 0.808. The first-order chi connectivity index (χ1) is 8.72. The number of likely N-dealkylation sites (N-methyl/N-ethyl adjacent to an activating group) is 1. The maximum atomic E-state index is 2.65. The van der Waals surface area contributed by atoms with E-state index >= 15 is 0 Å². The molecule has 18 heavy (non-hydrogen) atoms. The highest BCUT2D eigenvalue weighted by atomic mass is 32.2.